The lowest BCUT2D eigenvalue weighted by Gasteiger charge is -2.26. The molecule has 18 heteroatoms. The number of hydrogen-bond acceptors (Lipinski definition) is 10. The van der Waals surface area contributed by atoms with Crippen LogP contribution in [0.3, 0.4) is 0 Å². The van der Waals surface area contributed by atoms with E-state index in [0.29, 0.717) is 34.3 Å². The van der Waals surface area contributed by atoms with Gasteiger partial charge in [-0.1, -0.05) is 34.1 Å². The molecular weight excluding hydrogens is 735 g/mol. The molecule has 0 aliphatic carbocycles. The Morgan fingerprint density at radius 3 is 2.52 bits per heavy atom. The zero-order chi connectivity index (χ0) is 34.5. The van der Waals surface area contributed by atoms with Gasteiger partial charge in [-0.2, -0.15) is 0 Å². The van der Waals surface area contributed by atoms with Crippen molar-refractivity contribution in [1.82, 2.24) is 9.62 Å². The summed E-state index contributed by atoms with van der Waals surface area (Å²) in [6.45, 7) is 3.78. The maximum Gasteiger partial charge on any atom is 0.469 e. The van der Waals surface area contributed by atoms with E-state index in [1.807, 2.05) is 24.3 Å². The lowest BCUT2D eigenvalue weighted by molar-refractivity contribution is -0.383. The Labute approximate surface area is 285 Å². The number of amides is 1. The van der Waals surface area contributed by atoms with Crippen LogP contribution >= 0.6 is 23.8 Å². The normalized spacial score (nSPS) is 17.2. The van der Waals surface area contributed by atoms with E-state index >= 15 is 0 Å². The third kappa shape index (κ3) is 8.85. The van der Waals surface area contributed by atoms with Gasteiger partial charge in [-0.05, 0) is 46.9 Å². The van der Waals surface area contributed by atoms with Crippen LogP contribution in [0.1, 0.15) is 17.0 Å². The van der Waals surface area contributed by atoms with E-state index in [-0.39, 0.29) is 34.3 Å². The van der Waals surface area contributed by atoms with Crippen molar-refractivity contribution < 1.29 is 46.5 Å². The number of nitro benzene ring substituents is 1. The Kier molecular flexibility index (Phi) is 11.7. The molecule has 258 valence electrons. The summed E-state index contributed by atoms with van der Waals surface area (Å²) in [6.07, 6.45) is 3.06. The standard InChI is InChI=1S/C30H34BrN4O11PS/c31-19-22-20-34(29(36)8-3-21-1-4-23(5-2-21)45-16-12-33-10-14-44-15-11-33)28-18-27(35(37)38)26-17-24(6-7-25(26)30(22)28)48(42,43)32-9-13-46-47(39,40)41/h1-8,17-18,22,32H,9-16,19-20H2,(H2,39,40,41)/b8-3+. The fourth-order valence-electron chi connectivity index (χ4n) is 5.58. The van der Waals surface area contributed by atoms with Crippen molar-refractivity contribution >= 4 is 67.9 Å². The number of rotatable bonds is 14. The molecule has 2 heterocycles. The average Bonchev–Trinajstić information content (AvgIpc) is 3.44. The van der Waals surface area contributed by atoms with Gasteiger partial charge < -0.3 is 24.2 Å². The van der Waals surface area contributed by atoms with Crippen molar-refractivity contribution in [3.63, 3.8) is 0 Å². The monoisotopic (exact) mass is 768 g/mol. The molecule has 3 aromatic rings. The van der Waals surface area contributed by atoms with Crippen molar-refractivity contribution in [3.8, 4) is 5.75 Å². The molecule has 1 unspecified atom stereocenters. The summed E-state index contributed by atoms with van der Waals surface area (Å²) >= 11 is 3.49. The van der Waals surface area contributed by atoms with Gasteiger partial charge >= 0.3 is 7.82 Å². The van der Waals surface area contributed by atoms with Crippen LogP contribution < -0.4 is 14.4 Å². The number of fused-ring (bicyclic) bond motifs is 3. The number of nitrogens with zero attached hydrogens (tertiary/aromatic N) is 3. The van der Waals surface area contributed by atoms with Crippen molar-refractivity contribution in [2.75, 3.05) is 69.4 Å². The van der Waals surface area contributed by atoms with Crippen LogP contribution in [0.15, 0.2) is 59.5 Å². The molecule has 0 bridgehead atoms. The number of nitrogens with one attached hydrogen (secondary N) is 1. The van der Waals surface area contributed by atoms with Crippen molar-refractivity contribution in [1.29, 1.82) is 0 Å². The molecule has 1 atom stereocenters. The molecule has 1 fully saturated rings. The number of carbonyl (C=O) groups excluding carboxylic acids is 1. The quantitative estimate of drug-likeness (QED) is 0.0541. The van der Waals surface area contributed by atoms with Crippen LogP contribution in [0.2, 0.25) is 0 Å². The Balaban J connectivity index is 1.33. The number of carbonyl (C=O) groups is 1. The lowest BCUT2D eigenvalue weighted by Crippen LogP contribution is -2.38. The van der Waals surface area contributed by atoms with Crippen molar-refractivity contribution in [2.45, 2.75) is 10.8 Å². The van der Waals surface area contributed by atoms with Gasteiger partial charge in [0.25, 0.3) is 11.6 Å². The van der Waals surface area contributed by atoms with Crippen LogP contribution in [0, 0.1) is 10.1 Å². The zero-order valence-corrected chi connectivity index (χ0v) is 28.9. The summed E-state index contributed by atoms with van der Waals surface area (Å²) in [5.41, 5.74) is 1.41. The topological polar surface area (TPSA) is 198 Å². The second kappa shape index (κ2) is 15.5. The van der Waals surface area contributed by atoms with E-state index in [1.54, 1.807) is 6.08 Å². The Hall–Kier alpha value is -3.25. The van der Waals surface area contributed by atoms with Gasteiger partial charge in [0.2, 0.25) is 10.0 Å². The number of halogens is 1. The van der Waals surface area contributed by atoms with E-state index in [2.05, 4.69) is 30.1 Å². The number of sulfonamides is 1. The van der Waals surface area contributed by atoms with Crippen LogP contribution in [0.5, 0.6) is 5.75 Å². The number of non-ortho nitro benzene ring substituents is 1. The molecule has 15 nitrogen and oxygen atoms in total. The second-order valence-electron chi connectivity index (χ2n) is 11.0. The average molecular weight is 770 g/mol. The van der Waals surface area contributed by atoms with Gasteiger partial charge in [-0.3, -0.25) is 24.3 Å². The third-order valence-corrected chi connectivity index (χ3v) is 10.7. The van der Waals surface area contributed by atoms with E-state index in [4.69, 9.17) is 19.3 Å². The summed E-state index contributed by atoms with van der Waals surface area (Å²) in [7, 11) is -9.00. The van der Waals surface area contributed by atoms with E-state index in [0.717, 1.165) is 38.4 Å². The smallest absolute Gasteiger partial charge is 0.469 e. The van der Waals surface area contributed by atoms with Gasteiger partial charge in [0.05, 0.1) is 40.7 Å². The van der Waals surface area contributed by atoms with Crippen LogP contribution in [-0.4, -0.2) is 98.4 Å². The van der Waals surface area contributed by atoms with Crippen LogP contribution in [0.4, 0.5) is 11.4 Å². The minimum Gasteiger partial charge on any atom is -0.492 e. The first kappa shape index (κ1) is 36.0. The predicted octanol–water partition coefficient (Wildman–Crippen LogP) is 3.39. The third-order valence-electron chi connectivity index (χ3n) is 7.90. The van der Waals surface area contributed by atoms with E-state index < -0.39 is 35.9 Å². The first-order valence-electron chi connectivity index (χ1n) is 14.9. The molecular formula is C30H34BrN4O11PS. The number of phosphoric ester groups is 1. The summed E-state index contributed by atoms with van der Waals surface area (Å²) in [4.78, 5) is 46.1. The number of benzene rings is 3. The Bertz CT molecular complexity index is 1850. The summed E-state index contributed by atoms with van der Waals surface area (Å²) in [6, 6.07) is 12.5. The van der Waals surface area contributed by atoms with Crippen molar-refractivity contribution in [2.24, 2.45) is 0 Å². The van der Waals surface area contributed by atoms with Gasteiger partial charge in [-0.15, -0.1) is 0 Å². The molecule has 48 heavy (non-hydrogen) atoms. The number of anilines is 1. The van der Waals surface area contributed by atoms with Crippen molar-refractivity contribution in [3.05, 3.63) is 75.8 Å². The molecule has 0 aromatic heterocycles. The molecule has 3 N–H and O–H groups in total. The fraction of sp³-hybridized carbons (Fsp3) is 0.367. The van der Waals surface area contributed by atoms with Gasteiger partial charge in [0.1, 0.15) is 12.4 Å². The highest BCUT2D eigenvalue weighted by atomic mass is 79.9. The molecule has 0 spiro atoms. The predicted molar refractivity (Wildman–Crippen MR) is 181 cm³/mol. The van der Waals surface area contributed by atoms with Crippen LogP contribution in [0.25, 0.3) is 16.8 Å². The first-order valence-corrected chi connectivity index (χ1v) is 19.0. The lowest BCUT2D eigenvalue weighted by atomic mass is 9.95. The SMILES string of the molecule is O=C(/C=C/c1ccc(OCCN2CCOCC2)cc1)N1CC(CBr)c2c1cc([N+](=O)[O-])c1cc(S(=O)(=O)NCCOP(=O)(O)O)ccc21. The highest BCUT2D eigenvalue weighted by Gasteiger charge is 2.36. The molecule has 0 radical (unpaired) electrons. The number of hydrogen-bond donors (Lipinski definition) is 3. The van der Waals surface area contributed by atoms with E-state index in [1.165, 1.54) is 35.2 Å². The summed E-state index contributed by atoms with van der Waals surface area (Å²) in [5.74, 6) is 0.0975. The summed E-state index contributed by atoms with van der Waals surface area (Å²) < 4.78 is 54.2. The molecule has 3 aromatic carbocycles. The highest BCUT2D eigenvalue weighted by molar-refractivity contribution is 9.09. The van der Waals surface area contributed by atoms with Gasteiger partial charge in [0.15, 0.2) is 0 Å². The first-order chi connectivity index (χ1) is 22.9. The molecule has 1 amide bonds. The molecule has 0 saturated carbocycles. The molecule has 2 aliphatic rings. The zero-order valence-electron chi connectivity index (χ0n) is 25.6. The number of morpholine rings is 1. The number of phosphoric acid groups is 1. The van der Waals surface area contributed by atoms with Gasteiger partial charge in [-0.25, -0.2) is 17.7 Å². The maximum absolute atomic E-state index is 13.5. The molecule has 5 rings (SSSR count). The molecule has 1 saturated heterocycles. The highest BCUT2D eigenvalue weighted by Crippen LogP contribution is 2.46. The van der Waals surface area contributed by atoms with Gasteiger partial charge in [0, 0.05) is 56.1 Å². The minimum absolute atomic E-state index is 0.0659. The Morgan fingerprint density at radius 2 is 1.85 bits per heavy atom. The largest absolute Gasteiger partial charge is 0.492 e. The summed E-state index contributed by atoms with van der Waals surface area (Å²) in [5, 5.41) is 13.1. The molecule has 2 aliphatic heterocycles. The van der Waals surface area contributed by atoms with E-state index in [9.17, 15) is 27.9 Å². The number of ether oxygens (including phenoxy) is 2. The number of nitro groups is 1. The Morgan fingerprint density at radius 1 is 1.12 bits per heavy atom. The second-order valence-corrected chi connectivity index (χ2v) is 14.7. The van der Waals surface area contributed by atoms with Crippen LogP contribution in [-0.2, 0) is 28.6 Å². The minimum atomic E-state index is -4.78. The maximum atomic E-state index is 13.5. The number of alkyl halides is 1. The fourth-order valence-corrected chi connectivity index (χ4v) is 7.48.